The second-order valence-corrected chi connectivity index (χ2v) is 7.98. The minimum atomic E-state index is -0.330. The Kier molecular flexibility index (Phi) is 4.81. The van der Waals surface area contributed by atoms with Crippen molar-refractivity contribution >= 4 is 34.7 Å². The Morgan fingerprint density at radius 3 is 2.63 bits per heavy atom. The molecule has 4 nitrogen and oxygen atoms in total. The summed E-state index contributed by atoms with van der Waals surface area (Å²) in [6.45, 7) is 3.95. The van der Waals surface area contributed by atoms with Crippen LogP contribution in [0.5, 0.6) is 0 Å². The molecule has 0 spiro atoms. The lowest BCUT2D eigenvalue weighted by atomic mass is 9.88. The molecule has 136 valence electrons. The molecule has 1 aliphatic rings. The minimum absolute atomic E-state index is 0.120. The van der Waals surface area contributed by atoms with Gasteiger partial charge in [0.05, 0.1) is 17.7 Å². The number of thiazole rings is 1. The van der Waals surface area contributed by atoms with Gasteiger partial charge in [0.15, 0.2) is 0 Å². The molecule has 0 fully saturated rings. The summed E-state index contributed by atoms with van der Waals surface area (Å²) in [7, 11) is 0. The highest BCUT2D eigenvalue weighted by Crippen LogP contribution is 2.38. The number of rotatable bonds is 3. The number of aromatic nitrogens is 1. The summed E-state index contributed by atoms with van der Waals surface area (Å²) >= 11 is 7.76. The Balaban J connectivity index is 1.74. The van der Waals surface area contributed by atoms with E-state index < -0.39 is 0 Å². The van der Waals surface area contributed by atoms with E-state index in [9.17, 15) is 4.79 Å². The summed E-state index contributed by atoms with van der Waals surface area (Å²) in [4.78, 5) is 21.0. The molecule has 4 rings (SSSR count). The van der Waals surface area contributed by atoms with Gasteiger partial charge in [-0.05, 0) is 31.5 Å². The first kappa shape index (κ1) is 17.9. The maximum Gasteiger partial charge on any atom is 0.341 e. The Bertz CT molecular complexity index is 1030. The quantitative estimate of drug-likeness (QED) is 0.611. The fourth-order valence-corrected chi connectivity index (χ4v) is 4.53. The van der Waals surface area contributed by atoms with E-state index in [-0.39, 0.29) is 18.0 Å². The number of amides is 2. The molecule has 2 atom stereocenters. The summed E-state index contributed by atoms with van der Waals surface area (Å²) in [5, 5.41) is 6.60. The highest BCUT2D eigenvalue weighted by molar-refractivity contribution is 7.10. The summed E-state index contributed by atoms with van der Waals surface area (Å²) in [5.74, 6) is -0.120. The molecule has 6 heteroatoms. The monoisotopic (exact) mass is 395 g/mol. The third-order valence-corrected chi connectivity index (χ3v) is 5.85. The third-order valence-electron chi connectivity index (χ3n) is 4.68. The van der Waals surface area contributed by atoms with Crippen molar-refractivity contribution in [2.75, 3.05) is 0 Å². The van der Waals surface area contributed by atoms with Crippen molar-refractivity contribution in [3.8, 4) is 11.3 Å². The summed E-state index contributed by atoms with van der Waals surface area (Å²) in [5.41, 5.74) is 4.94. The molecule has 2 amide bonds. The van der Waals surface area contributed by atoms with Crippen molar-refractivity contribution in [3.05, 3.63) is 75.1 Å². The van der Waals surface area contributed by atoms with Crippen molar-refractivity contribution in [1.82, 2.24) is 10.3 Å². The molecule has 1 aromatic heterocycles. The molecule has 0 bridgehead atoms. The molecule has 0 saturated carbocycles. The average molecular weight is 396 g/mol. The molecule has 1 aliphatic heterocycles. The standard InChI is InChI=1S/C21H18ClN3OS/c1-12-6-8-14(9-7-12)17-11-27-20(24-17)18-13(2)23-21(26)25-19(18)15-4-3-5-16(22)10-15/h3-11,18-19H,1-2H3,(H,25,26). The number of benzene rings is 2. The lowest BCUT2D eigenvalue weighted by Gasteiger charge is -2.30. The summed E-state index contributed by atoms with van der Waals surface area (Å²) in [6.07, 6.45) is 0. The van der Waals surface area contributed by atoms with Gasteiger partial charge in [0, 0.05) is 21.7 Å². The number of hydrogen-bond donors (Lipinski definition) is 1. The maximum atomic E-state index is 12.0. The lowest BCUT2D eigenvalue weighted by Crippen LogP contribution is -2.38. The zero-order valence-electron chi connectivity index (χ0n) is 14.9. The number of halogens is 1. The van der Waals surface area contributed by atoms with Crippen LogP contribution in [0.25, 0.3) is 11.3 Å². The van der Waals surface area contributed by atoms with Crippen molar-refractivity contribution in [2.45, 2.75) is 25.8 Å². The minimum Gasteiger partial charge on any atom is -0.328 e. The Morgan fingerprint density at radius 2 is 1.89 bits per heavy atom. The maximum absolute atomic E-state index is 12.0. The normalized spacial score (nSPS) is 19.5. The fraction of sp³-hybridized carbons (Fsp3) is 0.190. The molecular weight excluding hydrogens is 378 g/mol. The predicted octanol–water partition coefficient (Wildman–Crippen LogP) is 5.78. The van der Waals surface area contributed by atoms with Crippen LogP contribution in [0.2, 0.25) is 5.02 Å². The third kappa shape index (κ3) is 3.66. The molecule has 2 aromatic carbocycles. The predicted molar refractivity (Wildman–Crippen MR) is 111 cm³/mol. The summed E-state index contributed by atoms with van der Waals surface area (Å²) in [6, 6.07) is 15.3. The number of carbonyl (C=O) groups is 1. The second-order valence-electron chi connectivity index (χ2n) is 6.65. The zero-order valence-corrected chi connectivity index (χ0v) is 16.5. The van der Waals surface area contributed by atoms with Crippen molar-refractivity contribution < 1.29 is 4.79 Å². The van der Waals surface area contributed by atoms with E-state index >= 15 is 0 Å². The number of hydrogen-bond acceptors (Lipinski definition) is 3. The largest absolute Gasteiger partial charge is 0.341 e. The second kappa shape index (κ2) is 7.25. The van der Waals surface area contributed by atoms with Gasteiger partial charge >= 0.3 is 6.03 Å². The number of aliphatic imine (C=N–C) groups is 1. The van der Waals surface area contributed by atoms with Gasteiger partial charge in [-0.3, -0.25) is 0 Å². The Hall–Kier alpha value is -2.50. The number of nitrogens with zero attached hydrogens (tertiary/aromatic N) is 2. The van der Waals surface area contributed by atoms with E-state index in [4.69, 9.17) is 16.6 Å². The van der Waals surface area contributed by atoms with Gasteiger partial charge in [-0.1, -0.05) is 53.6 Å². The van der Waals surface area contributed by atoms with E-state index in [2.05, 4.69) is 46.9 Å². The number of aryl methyl sites for hydroxylation is 1. The zero-order chi connectivity index (χ0) is 19.0. The molecule has 0 radical (unpaired) electrons. The number of urea groups is 1. The van der Waals surface area contributed by atoms with Crippen LogP contribution in [-0.4, -0.2) is 16.7 Å². The fourth-order valence-electron chi connectivity index (χ4n) is 3.30. The van der Waals surface area contributed by atoms with E-state index in [1.165, 1.54) is 5.56 Å². The van der Waals surface area contributed by atoms with Gasteiger partial charge in [0.25, 0.3) is 0 Å². The van der Waals surface area contributed by atoms with Crippen LogP contribution in [0, 0.1) is 6.92 Å². The molecule has 1 N–H and O–H groups in total. The van der Waals surface area contributed by atoms with Crippen LogP contribution in [0.4, 0.5) is 4.79 Å². The van der Waals surface area contributed by atoms with Gasteiger partial charge in [-0.25, -0.2) is 14.8 Å². The smallest absolute Gasteiger partial charge is 0.328 e. The number of nitrogens with one attached hydrogen (secondary N) is 1. The molecule has 2 unspecified atom stereocenters. The van der Waals surface area contributed by atoms with Crippen molar-refractivity contribution in [3.63, 3.8) is 0 Å². The van der Waals surface area contributed by atoms with E-state index in [0.717, 1.165) is 27.5 Å². The van der Waals surface area contributed by atoms with Gasteiger partial charge < -0.3 is 5.32 Å². The van der Waals surface area contributed by atoms with Crippen LogP contribution in [0.1, 0.15) is 35.0 Å². The first-order valence-corrected chi connectivity index (χ1v) is 9.90. The van der Waals surface area contributed by atoms with Crippen LogP contribution in [-0.2, 0) is 0 Å². The van der Waals surface area contributed by atoms with Crippen molar-refractivity contribution in [1.29, 1.82) is 0 Å². The highest BCUT2D eigenvalue weighted by Gasteiger charge is 2.35. The van der Waals surface area contributed by atoms with Crippen LogP contribution >= 0.6 is 22.9 Å². The molecule has 0 saturated heterocycles. The van der Waals surface area contributed by atoms with Gasteiger partial charge in [0.2, 0.25) is 0 Å². The number of carbonyl (C=O) groups excluding carboxylic acids is 1. The topological polar surface area (TPSA) is 54.4 Å². The average Bonchev–Trinajstić information content (AvgIpc) is 3.11. The molecule has 0 aliphatic carbocycles. The SMILES string of the molecule is CC1=NC(=O)NC(c2cccc(Cl)c2)C1c1nc(-c2ccc(C)cc2)cs1. The van der Waals surface area contributed by atoms with Crippen molar-refractivity contribution in [2.24, 2.45) is 4.99 Å². The van der Waals surface area contributed by atoms with Gasteiger partial charge in [-0.15, -0.1) is 11.3 Å². The Morgan fingerprint density at radius 1 is 1.11 bits per heavy atom. The van der Waals surface area contributed by atoms with Gasteiger partial charge in [0.1, 0.15) is 5.01 Å². The van der Waals surface area contributed by atoms with Crippen LogP contribution < -0.4 is 5.32 Å². The molecule has 2 heterocycles. The molecular formula is C21H18ClN3OS. The molecule has 3 aromatic rings. The van der Waals surface area contributed by atoms with E-state index in [0.29, 0.717) is 5.02 Å². The highest BCUT2D eigenvalue weighted by atomic mass is 35.5. The van der Waals surface area contributed by atoms with Crippen LogP contribution in [0.3, 0.4) is 0 Å². The van der Waals surface area contributed by atoms with E-state index in [1.54, 1.807) is 11.3 Å². The Labute approximate surface area is 166 Å². The lowest BCUT2D eigenvalue weighted by molar-refractivity contribution is 0.243. The van der Waals surface area contributed by atoms with Gasteiger partial charge in [-0.2, -0.15) is 0 Å². The molecule has 27 heavy (non-hydrogen) atoms. The first-order chi connectivity index (χ1) is 13.0. The first-order valence-electron chi connectivity index (χ1n) is 8.65. The van der Waals surface area contributed by atoms with Crippen LogP contribution in [0.15, 0.2) is 58.9 Å². The van der Waals surface area contributed by atoms with E-state index in [1.807, 2.05) is 31.2 Å². The summed E-state index contributed by atoms with van der Waals surface area (Å²) < 4.78 is 0.